The molecule has 10 heteroatoms. The van der Waals surface area contributed by atoms with Crippen molar-refractivity contribution < 1.29 is 28.7 Å². The Kier molecular flexibility index (Phi) is 5.32. The fourth-order valence-electron chi connectivity index (χ4n) is 4.47. The van der Waals surface area contributed by atoms with E-state index < -0.39 is 36.0 Å². The lowest BCUT2D eigenvalue weighted by atomic mass is 9.77. The Hall–Kier alpha value is -3.40. The highest BCUT2D eigenvalue weighted by Gasteiger charge is 2.52. The van der Waals surface area contributed by atoms with Gasteiger partial charge in [-0.3, -0.25) is 15.0 Å². The van der Waals surface area contributed by atoms with E-state index in [4.69, 9.17) is 9.47 Å². The van der Waals surface area contributed by atoms with E-state index >= 15 is 0 Å². The zero-order valence-electron chi connectivity index (χ0n) is 18.0. The van der Waals surface area contributed by atoms with Crippen LogP contribution in [0.2, 0.25) is 0 Å². The SMILES string of the molecule is CC1CCC2(CC1)NC(=O)N(NC(=O)COC(=O)c1cc3c(s1)-c1ccccc1OC3)C2=O. The van der Waals surface area contributed by atoms with Crippen molar-refractivity contribution in [3.8, 4) is 16.2 Å². The summed E-state index contributed by atoms with van der Waals surface area (Å²) in [6, 6.07) is 8.60. The second-order valence-corrected chi connectivity index (χ2v) is 9.75. The lowest BCUT2D eigenvalue weighted by molar-refractivity contribution is -0.141. The van der Waals surface area contributed by atoms with Crippen molar-refractivity contribution in [2.24, 2.45) is 5.92 Å². The Balaban J connectivity index is 1.19. The highest BCUT2D eigenvalue weighted by molar-refractivity contribution is 7.17. The summed E-state index contributed by atoms with van der Waals surface area (Å²) in [7, 11) is 0. The van der Waals surface area contributed by atoms with E-state index in [1.165, 1.54) is 11.3 Å². The largest absolute Gasteiger partial charge is 0.488 e. The number of rotatable bonds is 4. The molecule has 0 atom stereocenters. The number of ether oxygens (including phenoxy) is 2. The standard InChI is InChI=1S/C23H23N3O6S/c1-13-6-8-23(9-7-13)21(29)26(22(30)24-23)25-18(27)12-32-20(28)17-10-14-11-31-16-5-3-2-4-15(16)19(14)33-17/h2-5,10,13H,6-9,11-12H2,1H3,(H,24,30)(H,25,27). The maximum absolute atomic E-state index is 12.8. The number of benzene rings is 1. The molecule has 3 aliphatic rings. The third kappa shape index (κ3) is 3.84. The molecule has 33 heavy (non-hydrogen) atoms. The molecule has 9 nitrogen and oxygen atoms in total. The first-order chi connectivity index (χ1) is 15.9. The molecular weight excluding hydrogens is 446 g/mol. The molecular formula is C23H23N3O6S. The summed E-state index contributed by atoms with van der Waals surface area (Å²) in [6.07, 6.45) is 2.73. The van der Waals surface area contributed by atoms with Crippen LogP contribution in [-0.2, 0) is 20.9 Å². The summed E-state index contributed by atoms with van der Waals surface area (Å²) in [5.41, 5.74) is 3.10. The molecule has 5 rings (SSSR count). The second-order valence-electron chi connectivity index (χ2n) is 8.70. The molecule has 172 valence electrons. The van der Waals surface area contributed by atoms with Gasteiger partial charge in [0.05, 0.1) is 0 Å². The number of thiophene rings is 1. The normalized spacial score (nSPS) is 23.4. The Bertz CT molecular complexity index is 1150. The van der Waals surface area contributed by atoms with Crippen LogP contribution < -0.4 is 15.5 Å². The zero-order chi connectivity index (χ0) is 23.2. The number of carbonyl (C=O) groups excluding carboxylic acids is 4. The number of nitrogens with one attached hydrogen (secondary N) is 2. The van der Waals surface area contributed by atoms with Gasteiger partial charge < -0.3 is 14.8 Å². The minimum absolute atomic E-state index is 0.346. The average Bonchev–Trinajstić information content (AvgIpc) is 3.35. The van der Waals surface area contributed by atoms with Crippen LogP contribution in [0.25, 0.3) is 10.4 Å². The number of para-hydroxylation sites is 1. The summed E-state index contributed by atoms with van der Waals surface area (Å²) < 4.78 is 10.8. The molecule has 1 aliphatic carbocycles. The molecule has 0 radical (unpaired) electrons. The van der Waals surface area contributed by atoms with Crippen LogP contribution in [0.1, 0.15) is 47.8 Å². The summed E-state index contributed by atoms with van der Waals surface area (Å²) in [5.74, 6) is -0.639. The third-order valence-corrected chi connectivity index (χ3v) is 7.58. The van der Waals surface area contributed by atoms with Crippen LogP contribution in [0.4, 0.5) is 4.79 Å². The van der Waals surface area contributed by atoms with Crippen LogP contribution in [0.5, 0.6) is 5.75 Å². The molecule has 1 aromatic carbocycles. The van der Waals surface area contributed by atoms with Crippen molar-refractivity contribution in [3.05, 3.63) is 40.8 Å². The van der Waals surface area contributed by atoms with Gasteiger partial charge in [-0.25, -0.2) is 9.59 Å². The van der Waals surface area contributed by atoms with Gasteiger partial charge in [-0.1, -0.05) is 19.1 Å². The monoisotopic (exact) mass is 469 g/mol. The van der Waals surface area contributed by atoms with Gasteiger partial charge in [-0.2, -0.15) is 5.01 Å². The maximum Gasteiger partial charge on any atom is 0.348 e. The summed E-state index contributed by atoms with van der Waals surface area (Å²) >= 11 is 1.27. The molecule has 0 unspecified atom stereocenters. The summed E-state index contributed by atoms with van der Waals surface area (Å²) in [6.45, 7) is 1.84. The Morgan fingerprint density at radius 2 is 2.03 bits per heavy atom. The number of urea groups is 1. The number of carbonyl (C=O) groups is 4. The molecule has 0 bridgehead atoms. The predicted octanol–water partition coefficient (Wildman–Crippen LogP) is 3.00. The number of nitrogens with zero attached hydrogens (tertiary/aromatic N) is 1. The summed E-state index contributed by atoms with van der Waals surface area (Å²) in [4.78, 5) is 51.3. The van der Waals surface area contributed by atoms with Gasteiger partial charge in [0.2, 0.25) is 0 Å². The first-order valence-electron chi connectivity index (χ1n) is 10.8. The quantitative estimate of drug-likeness (QED) is 0.526. The van der Waals surface area contributed by atoms with E-state index in [2.05, 4.69) is 17.7 Å². The van der Waals surface area contributed by atoms with Gasteiger partial charge in [-0.05, 0) is 49.8 Å². The number of hydrazine groups is 1. The average molecular weight is 470 g/mol. The van der Waals surface area contributed by atoms with E-state index in [0.29, 0.717) is 35.3 Å². The molecule has 3 heterocycles. The van der Waals surface area contributed by atoms with E-state index in [9.17, 15) is 19.2 Å². The van der Waals surface area contributed by atoms with Gasteiger partial charge in [0.15, 0.2) is 6.61 Å². The predicted molar refractivity (Wildman–Crippen MR) is 118 cm³/mol. The van der Waals surface area contributed by atoms with Gasteiger partial charge in [0.1, 0.15) is 22.8 Å². The van der Waals surface area contributed by atoms with Gasteiger partial charge in [0, 0.05) is 16.0 Å². The first-order valence-corrected chi connectivity index (χ1v) is 11.7. The minimum atomic E-state index is -0.956. The molecule has 1 aromatic heterocycles. The zero-order valence-corrected chi connectivity index (χ0v) is 18.8. The second kappa shape index (κ2) is 8.18. The number of hydrogen-bond donors (Lipinski definition) is 2. The molecule has 1 saturated heterocycles. The van der Waals surface area contributed by atoms with E-state index in [1.54, 1.807) is 6.07 Å². The first kappa shape index (κ1) is 21.4. The molecule has 2 N–H and O–H groups in total. The molecule has 2 aromatic rings. The van der Waals surface area contributed by atoms with E-state index in [0.717, 1.165) is 34.6 Å². The number of hydrogen-bond acceptors (Lipinski definition) is 7. The van der Waals surface area contributed by atoms with Crippen LogP contribution in [0.3, 0.4) is 0 Å². The lowest BCUT2D eigenvalue weighted by Crippen LogP contribution is -2.52. The van der Waals surface area contributed by atoms with Crippen LogP contribution in [-0.4, -0.2) is 41.0 Å². The molecule has 1 saturated carbocycles. The smallest absolute Gasteiger partial charge is 0.348 e. The highest BCUT2D eigenvalue weighted by Crippen LogP contribution is 2.42. The molecule has 1 spiro atoms. The van der Waals surface area contributed by atoms with E-state index in [1.807, 2.05) is 24.3 Å². The fraction of sp³-hybridized carbons (Fsp3) is 0.391. The number of imide groups is 1. The van der Waals surface area contributed by atoms with Crippen molar-refractivity contribution >= 4 is 35.2 Å². The molecule has 2 aliphatic heterocycles. The Morgan fingerprint density at radius 1 is 1.27 bits per heavy atom. The van der Waals surface area contributed by atoms with Gasteiger partial charge >= 0.3 is 12.0 Å². The van der Waals surface area contributed by atoms with Crippen molar-refractivity contribution in [1.29, 1.82) is 0 Å². The van der Waals surface area contributed by atoms with Crippen molar-refractivity contribution in [2.45, 2.75) is 44.8 Å². The number of amides is 4. The van der Waals surface area contributed by atoms with Crippen molar-refractivity contribution in [3.63, 3.8) is 0 Å². The van der Waals surface area contributed by atoms with Crippen molar-refractivity contribution in [1.82, 2.24) is 15.8 Å². The highest BCUT2D eigenvalue weighted by atomic mass is 32.1. The Labute approximate surface area is 194 Å². The van der Waals surface area contributed by atoms with Crippen LogP contribution >= 0.6 is 11.3 Å². The number of esters is 1. The summed E-state index contributed by atoms with van der Waals surface area (Å²) in [5, 5.41) is 3.43. The fourth-order valence-corrected chi connectivity index (χ4v) is 5.57. The van der Waals surface area contributed by atoms with E-state index in [-0.39, 0.29) is 0 Å². The molecule has 4 amide bonds. The topological polar surface area (TPSA) is 114 Å². The minimum Gasteiger partial charge on any atom is -0.488 e. The van der Waals surface area contributed by atoms with Crippen LogP contribution in [0, 0.1) is 5.92 Å². The van der Waals surface area contributed by atoms with Crippen LogP contribution in [0.15, 0.2) is 30.3 Å². The van der Waals surface area contributed by atoms with Crippen molar-refractivity contribution in [2.75, 3.05) is 6.61 Å². The third-order valence-electron chi connectivity index (χ3n) is 6.39. The molecule has 2 fully saturated rings. The number of fused-ring (bicyclic) bond motifs is 3. The van der Waals surface area contributed by atoms with Gasteiger partial charge in [0.25, 0.3) is 11.8 Å². The Morgan fingerprint density at radius 3 is 2.82 bits per heavy atom. The maximum atomic E-state index is 12.8. The lowest BCUT2D eigenvalue weighted by Gasteiger charge is -2.33. The van der Waals surface area contributed by atoms with Gasteiger partial charge in [-0.15, -0.1) is 11.3 Å².